The van der Waals surface area contributed by atoms with Crippen molar-refractivity contribution in [1.82, 2.24) is 0 Å². The monoisotopic (exact) mass is 443 g/mol. The number of carboxylic acid groups (broad SMARTS) is 1. The van der Waals surface area contributed by atoms with Crippen LogP contribution in [0.4, 0.5) is 0 Å². The minimum atomic E-state index is -0.753. The van der Waals surface area contributed by atoms with E-state index in [1.807, 2.05) is 0 Å². The predicted molar refractivity (Wildman–Crippen MR) is 130 cm³/mol. The quantitative estimate of drug-likeness (QED) is 0.156. The Morgan fingerprint density at radius 2 is 1.13 bits per heavy atom. The number of nitrogens with two attached hydrogens (primary N) is 1. The van der Waals surface area contributed by atoms with Gasteiger partial charge >= 0.3 is 5.97 Å². The first-order valence-electron chi connectivity index (χ1n) is 13.0. The van der Waals surface area contributed by atoms with Gasteiger partial charge in [-0.25, -0.2) is 0 Å². The largest absolute Gasteiger partial charge is 0.481 e. The summed E-state index contributed by atoms with van der Waals surface area (Å²) in [5.74, 6) is 1.46. The van der Waals surface area contributed by atoms with Crippen LogP contribution in [-0.2, 0) is 4.79 Å². The number of aliphatic hydroxyl groups excluding tert-OH is 2. The average molecular weight is 444 g/mol. The summed E-state index contributed by atoms with van der Waals surface area (Å²) in [4.78, 5) is 10.5. The maximum atomic E-state index is 10.5. The zero-order chi connectivity index (χ0) is 23.5. The standard InChI is InChI=1S/C26H53NO4/c1-21(15-16-22(2)19-23(3)20-27)11-7-4-5-8-12-24(28)17-18-25(29)13-9-6-10-14-26(30)31/h21-25,28-29H,4-20,27H2,1-3H3,(H,30,31)/t21?,22?,23?,24-,25?/m0/s1. The Bertz CT molecular complexity index is 418. The van der Waals surface area contributed by atoms with E-state index in [0.29, 0.717) is 31.6 Å². The molecule has 0 aliphatic rings. The van der Waals surface area contributed by atoms with Gasteiger partial charge in [0.15, 0.2) is 0 Å². The first kappa shape index (κ1) is 30.4. The normalized spacial score (nSPS) is 16.6. The van der Waals surface area contributed by atoms with Crippen LogP contribution in [0.25, 0.3) is 0 Å². The molecule has 186 valence electrons. The van der Waals surface area contributed by atoms with Crippen molar-refractivity contribution >= 4 is 5.97 Å². The van der Waals surface area contributed by atoms with E-state index >= 15 is 0 Å². The number of carboxylic acids is 1. The lowest BCUT2D eigenvalue weighted by Crippen LogP contribution is -2.14. The highest BCUT2D eigenvalue weighted by Gasteiger charge is 2.11. The molecule has 0 radical (unpaired) electrons. The van der Waals surface area contributed by atoms with Crippen LogP contribution in [0.15, 0.2) is 0 Å². The van der Waals surface area contributed by atoms with Gasteiger partial charge in [-0.15, -0.1) is 0 Å². The molecule has 5 nitrogen and oxygen atoms in total. The fraction of sp³-hybridized carbons (Fsp3) is 0.962. The van der Waals surface area contributed by atoms with Crippen LogP contribution in [0.3, 0.4) is 0 Å². The zero-order valence-electron chi connectivity index (χ0n) is 20.7. The maximum Gasteiger partial charge on any atom is 0.303 e. The molecular formula is C26H53NO4. The lowest BCUT2D eigenvalue weighted by Gasteiger charge is -2.18. The molecule has 0 spiro atoms. The molecule has 31 heavy (non-hydrogen) atoms. The summed E-state index contributed by atoms with van der Waals surface area (Å²) in [5, 5.41) is 28.7. The fourth-order valence-electron chi connectivity index (χ4n) is 4.35. The van der Waals surface area contributed by atoms with Gasteiger partial charge < -0.3 is 21.1 Å². The van der Waals surface area contributed by atoms with Crippen LogP contribution in [0.2, 0.25) is 0 Å². The van der Waals surface area contributed by atoms with Crippen LogP contribution in [0.1, 0.15) is 124 Å². The third-order valence-corrected chi connectivity index (χ3v) is 6.60. The molecule has 4 unspecified atom stereocenters. The van der Waals surface area contributed by atoms with Crippen LogP contribution >= 0.6 is 0 Å². The molecule has 0 aliphatic heterocycles. The molecule has 0 saturated heterocycles. The van der Waals surface area contributed by atoms with E-state index < -0.39 is 5.97 Å². The molecule has 0 bridgehead atoms. The SMILES string of the molecule is CC(CCCCCC[C@H](O)CCC(O)CCCCCC(=O)O)CCC(C)CC(C)CN. The second-order valence-corrected chi connectivity index (χ2v) is 10.2. The van der Waals surface area contributed by atoms with Gasteiger partial charge in [0.1, 0.15) is 0 Å². The van der Waals surface area contributed by atoms with Gasteiger partial charge in [0.25, 0.3) is 0 Å². The van der Waals surface area contributed by atoms with Crippen LogP contribution < -0.4 is 5.73 Å². The third-order valence-electron chi connectivity index (χ3n) is 6.60. The molecule has 0 aromatic carbocycles. The van der Waals surface area contributed by atoms with Crippen molar-refractivity contribution in [3.05, 3.63) is 0 Å². The molecular weight excluding hydrogens is 390 g/mol. The summed E-state index contributed by atoms with van der Waals surface area (Å²) >= 11 is 0. The van der Waals surface area contributed by atoms with E-state index in [1.54, 1.807) is 0 Å². The molecule has 5 atom stereocenters. The fourth-order valence-corrected chi connectivity index (χ4v) is 4.35. The minimum absolute atomic E-state index is 0.210. The summed E-state index contributed by atoms with van der Waals surface area (Å²) in [7, 11) is 0. The van der Waals surface area contributed by atoms with Crippen LogP contribution in [0, 0.1) is 17.8 Å². The molecule has 0 aromatic heterocycles. The Morgan fingerprint density at radius 1 is 0.645 bits per heavy atom. The number of carbonyl (C=O) groups is 1. The Kier molecular flexibility index (Phi) is 19.6. The van der Waals surface area contributed by atoms with Gasteiger partial charge in [-0.2, -0.15) is 0 Å². The highest BCUT2D eigenvalue weighted by molar-refractivity contribution is 5.66. The van der Waals surface area contributed by atoms with Crippen molar-refractivity contribution in [3.8, 4) is 0 Å². The third kappa shape index (κ3) is 21.0. The topological polar surface area (TPSA) is 104 Å². The average Bonchev–Trinajstić information content (AvgIpc) is 2.72. The van der Waals surface area contributed by atoms with E-state index in [2.05, 4.69) is 20.8 Å². The number of hydrogen-bond donors (Lipinski definition) is 4. The molecule has 0 amide bonds. The molecule has 5 N–H and O–H groups in total. The first-order valence-corrected chi connectivity index (χ1v) is 13.0. The lowest BCUT2D eigenvalue weighted by molar-refractivity contribution is -0.137. The van der Waals surface area contributed by atoms with Crippen LogP contribution in [0.5, 0.6) is 0 Å². The lowest BCUT2D eigenvalue weighted by atomic mass is 9.89. The van der Waals surface area contributed by atoms with Crippen molar-refractivity contribution in [1.29, 1.82) is 0 Å². The van der Waals surface area contributed by atoms with E-state index in [9.17, 15) is 15.0 Å². The van der Waals surface area contributed by atoms with Crippen molar-refractivity contribution in [2.24, 2.45) is 23.5 Å². The van der Waals surface area contributed by atoms with Crippen molar-refractivity contribution in [3.63, 3.8) is 0 Å². The second-order valence-electron chi connectivity index (χ2n) is 10.2. The van der Waals surface area contributed by atoms with E-state index in [1.165, 1.54) is 44.9 Å². The molecule has 0 fully saturated rings. The van der Waals surface area contributed by atoms with E-state index in [4.69, 9.17) is 10.8 Å². The van der Waals surface area contributed by atoms with Gasteiger partial charge in [0.2, 0.25) is 0 Å². The zero-order valence-corrected chi connectivity index (χ0v) is 20.7. The molecule has 5 heteroatoms. The second kappa shape index (κ2) is 20.0. The number of unbranched alkanes of at least 4 members (excludes halogenated alkanes) is 5. The first-order chi connectivity index (χ1) is 14.7. The van der Waals surface area contributed by atoms with Gasteiger partial charge in [0, 0.05) is 6.42 Å². The number of rotatable bonds is 22. The minimum Gasteiger partial charge on any atom is -0.481 e. The summed E-state index contributed by atoms with van der Waals surface area (Å²) < 4.78 is 0. The van der Waals surface area contributed by atoms with Crippen molar-refractivity contribution in [2.75, 3.05) is 6.54 Å². The van der Waals surface area contributed by atoms with Crippen molar-refractivity contribution < 1.29 is 20.1 Å². The summed E-state index contributed by atoms with van der Waals surface area (Å²) in [6, 6.07) is 0. The van der Waals surface area contributed by atoms with E-state index in [0.717, 1.165) is 44.1 Å². The van der Waals surface area contributed by atoms with Gasteiger partial charge in [-0.05, 0) is 62.8 Å². The highest BCUT2D eigenvalue weighted by Crippen LogP contribution is 2.22. The number of hydrogen-bond acceptors (Lipinski definition) is 4. The smallest absolute Gasteiger partial charge is 0.303 e. The van der Waals surface area contributed by atoms with Gasteiger partial charge in [-0.1, -0.05) is 78.6 Å². The van der Waals surface area contributed by atoms with E-state index in [-0.39, 0.29) is 18.6 Å². The van der Waals surface area contributed by atoms with Gasteiger partial charge in [0.05, 0.1) is 12.2 Å². The molecule has 0 aliphatic carbocycles. The number of aliphatic hydroxyl groups is 2. The Balaban J connectivity index is 3.54. The predicted octanol–water partition coefficient (Wildman–Crippen LogP) is 5.90. The molecule has 0 saturated carbocycles. The summed E-state index contributed by atoms with van der Waals surface area (Å²) in [5.41, 5.74) is 5.72. The Hall–Kier alpha value is -0.650. The molecule has 0 heterocycles. The van der Waals surface area contributed by atoms with Crippen molar-refractivity contribution in [2.45, 2.75) is 136 Å². The summed E-state index contributed by atoms with van der Waals surface area (Å²) in [6.07, 6.45) is 14.7. The Labute approximate surface area is 192 Å². The van der Waals surface area contributed by atoms with Crippen LogP contribution in [-0.4, -0.2) is 40.0 Å². The molecule has 0 rings (SSSR count). The highest BCUT2D eigenvalue weighted by atomic mass is 16.4. The number of aliphatic carboxylic acids is 1. The van der Waals surface area contributed by atoms with Gasteiger partial charge in [-0.3, -0.25) is 4.79 Å². The summed E-state index contributed by atoms with van der Waals surface area (Å²) in [6.45, 7) is 7.77. The Morgan fingerprint density at radius 3 is 1.65 bits per heavy atom. The maximum absolute atomic E-state index is 10.5. The molecule has 0 aromatic rings.